The molecule has 2 heterocycles. The highest BCUT2D eigenvalue weighted by Gasteiger charge is 2.21. The minimum Gasteiger partial charge on any atom is -0.369 e. The molecule has 2 aliphatic heterocycles. The van der Waals surface area contributed by atoms with Crippen LogP contribution in [0.15, 0.2) is 49.0 Å². The van der Waals surface area contributed by atoms with Crippen LogP contribution in [0.2, 0.25) is 0 Å². The number of carbonyl (C=O) groups excluding carboxylic acids is 2. The van der Waals surface area contributed by atoms with Crippen LogP contribution in [0, 0.1) is 0 Å². The number of carbonyl (C=O) groups is 2. The van der Waals surface area contributed by atoms with Crippen molar-refractivity contribution in [3.05, 3.63) is 71.3 Å². The molecule has 1 fully saturated rings. The van der Waals surface area contributed by atoms with E-state index in [1.54, 1.807) is 0 Å². The van der Waals surface area contributed by atoms with Gasteiger partial charge in [0.1, 0.15) is 0 Å². The van der Waals surface area contributed by atoms with E-state index in [9.17, 15) is 9.59 Å². The lowest BCUT2D eigenvalue weighted by molar-refractivity contribution is 0.0945. The molecule has 5 heteroatoms. The molecule has 5 nitrogen and oxygen atoms in total. The summed E-state index contributed by atoms with van der Waals surface area (Å²) in [5, 5.41) is 2.86. The third-order valence-electron chi connectivity index (χ3n) is 5.89. The molecule has 29 heavy (non-hydrogen) atoms. The van der Waals surface area contributed by atoms with Gasteiger partial charge in [-0.25, -0.2) is 0 Å². The third-order valence-corrected chi connectivity index (χ3v) is 5.89. The first kappa shape index (κ1) is 19.4. The second-order valence-electron chi connectivity index (χ2n) is 7.88. The first-order chi connectivity index (χ1) is 14.0. The predicted octanol–water partition coefficient (Wildman–Crippen LogP) is 3.01. The quantitative estimate of drug-likeness (QED) is 0.799. The predicted molar refractivity (Wildman–Crippen MR) is 117 cm³/mol. The average molecular weight is 389 g/mol. The summed E-state index contributed by atoms with van der Waals surface area (Å²) in [4.78, 5) is 29.6. The van der Waals surface area contributed by atoms with Crippen LogP contribution in [0.3, 0.4) is 0 Å². The normalized spacial score (nSPS) is 16.9. The Labute approximate surface area is 172 Å². The number of likely N-dealkylation sites (N-methyl/N-ethyl adjacent to an activating group) is 1. The van der Waals surface area contributed by atoms with Crippen molar-refractivity contribution in [2.45, 2.75) is 12.8 Å². The SMILES string of the molecule is C=C(CC(=O)c1ccc(N2CCN(C)CC2)cc1)c1cccc2c1CCNC2=O. The highest BCUT2D eigenvalue weighted by molar-refractivity contribution is 6.03. The van der Waals surface area contributed by atoms with Crippen LogP contribution in [0.4, 0.5) is 5.69 Å². The number of piperazine rings is 1. The van der Waals surface area contributed by atoms with Crippen molar-refractivity contribution >= 4 is 23.0 Å². The number of allylic oxidation sites excluding steroid dienone is 1. The Kier molecular flexibility index (Phi) is 5.49. The van der Waals surface area contributed by atoms with E-state index in [4.69, 9.17) is 0 Å². The van der Waals surface area contributed by atoms with Gasteiger partial charge >= 0.3 is 0 Å². The fraction of sp³-hybridized carbons (Fsp3) is 0.333. The molecule has 1 amide bonds. The Bertz CT molecular complexity index is 941. The second kappa shape index (κ2) is 8.21. The van der Waals surface area contributed by atoms with Gasteiger partial charge in [0.25, 0.3) is 5.91 Å². The Balaban J connectivity index is 1.45. The summed E-state index contributed by atoms with van der Waals surface area (Å²) >= 11 is 0. The lowest BCUT2D eigenvalue weighted by atomic mass is 9.89. The molecule has 2 aliphatic rings. The van der Waals surface area contributed by atoms with Crippen LogP contribution in [0.5, 0.6) is 0 Å². The number of Topliss-reactive ketones (excluding diaryl/α,β-unsaturated/α-hetero) is 1. The maximum absolute atomic E-state index is 12.8. The molecule has 4 rings (SSSR count). The zero-order valence-electron chi connectivity index (χ0n) is 16.9. The number of fused-ring (bicyclic) bond motifs is 1. The number of amides is 1. The van der Waals surface area contributed by atoms with Gasteiger partial charge in [0.2, 0.25) is 0 Å². The second-order valence-corrected chi connectivity index (χ2v) is 7.88. The Hall–Kier alpha value is -2.92. The third kappa shape index (κ3) is 4.10. The summed E-state index contributed by atoms with van der Waals surface area (Å²) in [6.45, 7) is 8.90. The number of hydrogen-bond acceptors (Lipinski definition) is 4. The lowest BCUT2D eigenvalue weighted by Crippen LogP contribution is -2.44. The van der Waals surface area contributed by atoms with Crippen LogP contribution in [-0.2, 0) is 6.42 Å². The van der Waals surface area contributed by atoms with Gasteiger partial charge in [-0.1, -0.05) is 18.7 Å². The van der Waals surface area contributed by atoms with E-state index in [2.05, 4.69) is 28.7 Å². The summed E-state index contributed by atoms with van der Waals surface area (Å²) < 4.78 is 0. The Morgan fingerprint density at radius 3 is 2.52 bits per heavy atom. The van der Waals surface area contributed by atoms with E-state index in [-0.39, 0.29) is 18.1 Å². The Morgan fingerprint density at radius 2 is 1.79 bits per heavy atom. The maximum atomic E-state index is 12.8. The minimum absolute atomic E-state index is 0.0493. The van der Waals surface area contributed by atoms with Crippen LogP contribution in [0.1, 0.15) is 38.3 Å². The lowest BCUT2D eigenvalue weighted by Gasteiger charge is -2.34. The summed E-state index contributed by atoms with van der Waals surface area (Å²) in [6.07, 6.45) is 1.02. The summed E-state index contributed by atoms with van der Waals surface area (Å²) in [7, 11) is 2.14. The van der Waals surface area contributed by atoms with Crippen molar-refractivity contribution in [3.8, 4) is 0 Å². The molecule has 0 aromatic heterocycles. The number of nitrogens with one attached hydrogen (secondary N) is 1. The van der Waals surface area contributed by atoms with Gasteiger partial charge < -0.3 is 15.1 Å². The van der Waals surface area contributed by atoms with Crippen molar-refractivity contribution in [1.29, 1.82) is 0 Å². The number of nitrogens with zero attached hydrogens (tertiary/aromatic N) is 2. The van der Waals surface area contributed by atoms with E-state index in [1.807, 2.05) is 42.5 Å². The highest BCUT2D eigenvalue weighted by Crippen LogP contribution is 2.27. The molecule has 0 radical (unpaired) electrons. The van der Waals surface area contributed by atoms with E-state index in [0.29, 0.717) is 17.7 Å². The molecule has 0 aliphatic carbocycles. The first-order valence-corrected chi connectivity index (χ1v) is 10.2. The number of anilines is 1. The van der Waals surface area contributed by atoms with Crippen molar-refractivity contribution in [2.75, 3.05) is 44.7 Å². The van der Waals surface area contributed by atoms with Gasteiger partial charge in [-0.3, -0.25) is 9.59 Å². The van der Waals surface area contributed by atoms with Crippen LogP contribution < -0.4 is 10.2 Å². The van der Waals surface area contributed by atoms with E-state index < -0.39 is 0 Å². The standard InChI is InChI=1S/C24H27N3O2/c1-17(20-4-3-5-22-21(20)10-11-25-24(22)29)16-23(28)18-6-8-19(9-7-18)27-14-12-26(2)13-15-27/h3-9H,1,10-16H2,2H3,(H,25,29). The van der Waals surface area contributed by atoms with E-state index in [0.717, 1.165) is 55.0 Å². The molecule has 0 saturated carbocycles. The smallest absolute Gasteiger partial charge is 0.251 e. The van der Waals surface area contributed by atoms with Gasteiger partial charge in [0, 0.05) is 56.0 Å². The van der Waals surface area contributed by atoms with Crippen molar-refractivity contribution in [3.63, 3.8) is 0 Å². The van der Waals surface area contributed by atoms with Gasteiger partial charge in [-0.15, -0.1) is 0 Å². The van der Waals surface area contributed by atoms with Crippen LogP contribution in [0.25, 0.3) is 5.57 Å². The molecule has 0 unspecified atom stereocenters. The molecule has 0 spiro atoms. The molecule has 2 aromatic rings. The fourth-order valence-corrected chi connectivity index (χ4v) is 4.11. The number of benzene rings is 2. The van der Waals surface area contributed by atoms with E-state index >= 15 is 0 Å². The van der Waals surface area contributed by atoms with Crippen molar-refractivity contribution in [1.82, 2.24) is 10.2 Å². The van der Waals surface area contributed by atoms with Crippen molar-refractivity contribution in [2.24, 2.45) is 0 Å². The van der Waals surface area contributed by atoms with Gasteiger partial charge in [0.05, 0.1) is 0 Å². The summed E-state index contributed by atoms with van der Waals surface area (Å²) in [6, 6.07) is 13.6. The molecule has 0 bridgehead atoms. The molecular formula is C24H27N3O2. The molecule has 0 atom stereocenters. The topological polar surface area (TPSA) is 52.7 Å². The number of rotatable bonds is 5. The van der Waals surface area contributed by atoms with Crippen molar-refractivity contribution < 1.29 is 9.59 Å². The van der Waals surface area contributed by atoms with E-state index in [1.165, 1.54) is 0 Å². The highest BCUT2D eigenvalue weighted by atomic mass is 16.1. The summed E-state index contributed by atoms with van der Waals surface area (Å²) in [5.74, 6) is 0.00418. The fourth-order valence-electron chi connectivity index (χ4n) is 4.11. The monoisotopic (exact) mass is 389 g/mol. The average Bonchev–Trinajstić information content (AvgIpc) is 2.74. The van der Waals surface area contributed by atoms with Crippen LogP contribution in [-0.4, -0.2) is 56.4 Å². The molecular weight excluding hydrogens is 362 g/mol. The summed E-state index contributed by atoms with van der Waals surface area (Å²) in [5.41, 5.74) is 5.26. The molecule has 150 valence electrons. The maximum Gasteiger partial charge on any atom is 0.251 e. The minimum atomic E-state index is -0.0493. The van der Waals surface area contributed by atoms with Gasteiger partial charge in [-0.05, 0) is 60.5 Å². The molecule has 1 saturated heterocycles. The number of ketones is 1. The van der Waals surface area contributed by atoms with Crippen LogP contribution >= 0.6 is 0 Å². The zero-order chi connectivity index (χ0) is 20.4. The molecule has 1 N–H and O–H groups in total. The van der Waals surface area contributed by atoms with Gasteiger partial charge in [0.15, 0.2) is 5.78 Å². The molecule has 2 aromatic carbocycles. The number of hydrogen-bond donors (Lipinski definition) is 1. The zero-order valence-corrected chi connectivity index (χ0v) is 16.9. The largest absolute Gasteiger partial charge is 0.369 e. The van der Waals surface area contributed by atoms with Gasteiger partial charge in [-0.2, -0.15) is 0 Å². The first-order valence-electron chi connectivity index (χ1n) is 10.2. The Morgan fingerprint density at radius 1 is 1.07 bits per heavy atom.